The van der Waals surface area contributed by atoms with E-state index in [1.807, 2.05) is 12.2 Å². The van der Waals surface area contributed by atoms with Crippen LogP contribution in [0.3, 0.4) is 0 Å². The van der Waals surface area contributed by atoms with E-state index in [0.29, 0.717) is 32.1 Å². The normalized spacial score (nSPS) is 14.8. The van der Waals surface area contributed by atoms with Gasteiger partial charge in [0.2, 0.25) is 0 Å². The Balaban J connectivity index is 5.51. The van der Waals surface area contributed by atoms with Crippen LogP contribution in [0.2, 0.25) is 0 Å². The summed E-state index contributed by atoms with van der Waals surface area (Å²) in [6, 6.07) is 0. The minimum Gasteiger partial charge on any atom is -0.462 e. The first-order valence-corrected chi connectivity index (χ1v) is 43.0. The van der Waals surface area contributed by atoms with Gasteiger partial charge < -0.3 is 33.8 Å². The Hall–Kier alpha value is -5.84. The highest BCUT2D eigenvalue weighted by molar-refractivity contribution is 7.47. The molecule has 0 amide bonds. The number of unbranched alkanes of at least 4 members (excludes halogenated alkanes) is 17. The number of hydrogen-bond donors (Lipinski definition) is 3. The maximum atomic E-state index is 13.1. The van der Waals surface area contributed by atoms with E-state index >= 15 is 0 Å². The zero-order valence-corrected chi connectivity index (χ0v) is 67.3. The number of carbonyl (C=O) groups is 4. The summed E-state index contributed by atoms with van der Waals surface area (Å²) in [5.41, 5.74) is 0. The van der Waals surface area contributed by atoms with Gasteiger partial charge in [-0.3, -0.25) is 37.3 Å². The predicted molar refractivity (Wildman–Crippen MR) is 436 cm³/mol. The molecular formula is C87H140O17P2. The Morgan fingerprint density at radius 2 is 0.500 bits per heavy atom. The number of allylic oxidation sites excluding steroid dienone is 30. The van der Waals surface area contributed by atoms with E-state index in [1.54, 1.807) is 0 Å². The number of ether oxygens (including phenoxy) is 4. The fourth-order valence-corrected chi connectivity index (χ4v) is 11.4. The molecule has 0 saturated carbocycles. The number of hydrogen-bond acceptors (Lipinski definition) is 15. The molecule has 0 saturated heterocycles. The van der Waals surface area contributed by atoms with E-state index in [9.17, 15) is 43.2 Å². The summed E-state index contributed by atoms with van der Waals surface area (Å²) in [6.45, 7) is 4.35. The van der Waals surface area contributed by atoms with Gasteiger partial charge in [0, 0.05) is 25.7 Å². The molecule has 600 valence electrons. The van der Waals surface area contributed by atoms with E-state index in [0.717, 1.165) is 161 Å². The van der Waals surface area contributed by atoms with Crippen molar-refractivity contribution >= 4 is 39.5 Å². The molecule has 106 heavy (non-hydrogen) atoms. The number of aliphatic hydroxyl groups excluding tert-OH is 1. The van der Waals surface area contributed by atoms with E-state index < -0.39 is 97.5 Å². The van der Waals surface area contributed by atoms with Crippen LogP contribution in [0.15, 0.2) is 182 Å². The van der Waals surface area contributed by atoms with E-state index in [1.165, 1.54) is 38.5 Å². The zero-order valence-electron chi connectivity index (χ0n) is 65.5. The van der Waals surface area contributed by atoms with E-state index in [2.05, 4.69) is 198 Å². The number of aliphatic hydroxyl groups is 1. The van der Waals surface area contributed by atoms with E-state index in [4.69, 9.17) is 37.0 Å². The van der Waals surface area contributed by atoms with Crippen molar-refractivity contribution < 1.29 is 80.2 Å². The van der Waals surface area contributed by atoms with Crippen molar-refractivity contribution in [1.29, 1.82) is 0 Å². The summed E-state index contributed by atoms with van der Waals surface area (Å²) < 4.78 is 68.5. The van der Waals surface area contributed by atoms with Crippen molar-refractivity contribution in [3.05, 3.63) is 182 Å². The Morgan fingerprint density at radius 1 is 0.274 bits per heavy atom. The molecule has 0 aromatic heterocycles. The van der Waals surface area contributed by atoms with Gasteiger partial charge in [-0.1, -0.05) is 268 Å². The molecule has 0 radical (unpaired) electrons. The molecule has 3 N–H and O–H groups in total. The van der Waals surface area contributed by atoms with Gasteiger partial charge in [0.15, 0.2) is 12.2 Å². The molecule has 0 aromatic rings. The molecule has 0 rings (SSSR count). The average Bonchev–Trinajstić information content (AvgIpc) is 0.902. The molecule has 5 unspecified atom stereocenters. The summed E-state index contributed by atoms with van der Waals surface area (Å²) in [4.78, 5) is 73.0. The SMILES string of the molecule is CC/C=C\C/C=C\C/C=C\C/C=C\C/C=C\CCCCCC(=O)OCC(COP(=O)(O)OCC(O)COP(=O)(O)OCC(COC(=O)CCCC/C=C\C/C=C\C/C=C\C/C=C\CC)OC(=O)CCCCCCC/C=C\CCCCCCCC)OC(=O)CCC/C=C\C/C=C\C/C=C\C/C=C\C/C=C\CC. The number of phosphoric acid groups is 2. The Morgan fingerprint density at radius 3 is 0.830 bits per heavy atom. The molecule has 19 heteroatoms. The lowest BCUT2D eigenvalue weighted by Crippen LogP contribution is -2.30. The molecule has 0 aliphatic rings. The first-order chi connectivity index (χ1) is 51.7. The van der Waals surface area contributed by atoms with Gasteiger partial charge >= 0.3 is 39.5 Å². The van der Waals surface area contributed by atoms with Crippen molar-refractivity contribution in [2.45, 2.75) is 303 Å². The van der Waals surface area contributed by atoms with Crippen LogP contribution < -0.4 is 0 Å². The second-order valence-electron chi connectivity index (χ2n) is 25.9. The van der Waals surface area contributed by atoms with Gasteiger partial charge in [-0.2, -0.15) is 0 Å². The fraction of sp³-hybridized carbons (Fsp3) is 0.609. The smallest absolute Gasteiger partial charge is 0.462 e. The third-order valence-electron chi connectivity index (χ3n) is 15.8. The van der Waals surface area contributed by atoms with Crippen LogP contribution in [0, 0.1) is 0 Å². The molecule has 0 aliphatic carbocycles. The molecule has 5 atom stereocenters. The number of esters is 4. The minimum atomic E-state index is -5.01. The summed E-state index contributed by atoms with van der Waals surface area (Å²) >= 11 is 0. The standard InChI is InChI=1S/C87H140O17P2/c1-5-9-13-17-21-25-29-33-37-39-40-42-45-48-52-56-60-64-68-72-85(90)98-78-83(104-87(92)74-70-66-62-58-54-50-46-41-38-34-30-26-22-18-14-10-6-2)80-102-106(95,96)100-76-81(88)75-99-105(93,94)101-79-82(103-86(91)73-69-65-61-57-53-49-44-36-32-28-24-20-16-12-8-4)77-97-84(89)71-67-63-59-55-51-47-43-35-31-27-23-19-15-11-7-3/h9-11,13-15,21-23,25-27,33-38,40,42-44,46,48,50-52,55,58,62,81-83,88H,5-8,12,16-20,24,28-32,39,41,45,47,49,53-54,56-57,59-61,63-80H2,1-4H3,(H,93,94)(H,95,96)/b13-9-,14-10-,15-11-,25-21-,26-22-,27-23-,37-33-,38-34-,42-40-,43-35-,44-36-,50-46-,52-48-,55-51-,62-58-. The summed E-state index contributed by atoms with van der Waals surface area (Å²) in [5.74, 6) is -2.35. The average molecular weight is 1520 g/mol. The molecule has 0 aromatic carbocycles. The van der Waals surface area contributed by atoms with Gasteiger partial charge in [-0.05, 0) is 173 Å². The van der Waals surface area contributed by atoms with Crippen molar-refractivity contribution in [1.82, 2.24) is 0 Å². The molecule has 0 spiro atoms. The highest BCUT2D eigenvalue weighted by Crippen LogP contribution is 2.45. The Labute approximate surface area is 641 Å². The lowest BCUT2D eigenvalue weighted by atomic mass is 10.1. The Kier molecular flexibility index (Phi) is 73.1. The quantitative estimate of drug-likeness (QED) is 0.0169. The van der Waals surface area contributed by atoms with Crippen molar-refractivity contribution in [2.24, 2.45) is 0 Å². The Bertz CT molecular complexity index is 2730. The van der Waals surface area contributed by atoms with Gasteiger partial charge in [0.25, 0.3) is 0 Å². The largest absolute Gasteiger partial charge is 0.472 e. The monoisotopic (exact) mass is 1520 g/mol. The predicted octanol–water partition coefficient (Wildman–Crippen LogP) is 23.6. The van der Waals surface area contributed by atoms with Crippen LogP contribution in [0.25, 0.3) is 0 Å². The third-order valence-corrected chi connectivity index (χ3v) is 17.7. The lowest BCUT2D eigenvalue weighted by Gasteiger charge is -2.21. The topological polar surface area (TPSA) is 237 Å². The lowest BCUT2D eigenvalue weighted by molar-refractivity contribution is -0.161. The molecule has 17 nitrogen and oxygen atoms in total. The van der Waals surface area contributed by atoms with Crippen molar-refractivity contribution in [3.63, 3.8) is 0 Å². The summed E-state index contributed by atoms with van der Waals surface area (Å²) in [5, 5.41) is 10.6. The van der Waals surface area contributed by atoms with Crippen LogP contribution in [0.1, 0.15) is 285 Å². The van der Waals surface area contributed by atoms with Crippen LogP contribution in [0.5, 0.6) is 0 Å². The maximum Gasteiger partial charge on any atom is 0.472 e. The molecular weight excluding hydrogens is 1380 g/mol. The third kappa shape index (κ3) is 76.4. The first kappa shape index (κ1) is 100. The van der Waals surface area contributed by atoms with Gasteiger partial charge in [0.1, 0.15) is 19.3 Å². The number of carbonyl (C=O) groups excluding carboxylic acids is 4. The number of rotatable bonds is 73. The summed E-state index contributed by atoms with van der Waals surface area (Å²) in [6.07, 6.45) is 93.1. The highest BCUT2D eigenvalue weighted by atomic mass is 31.2. The van der Waals surface area contributed by atoms with Crippen LogP contribution >= 0.6 is 15.6 Å². The highest BCUT2D eigenvalue weighted by Gasteiger charge is 2.30. The zero-order chi connectivity index (χ0) is 77.4. The molecule has 0 fully saturated rings. The van der Waals surface area contributed by atoms with Crippen LogP contribution in [-0.2, 0) is 65.4 Å². The molecule has 0 bridgehead atoms. The van der Waals surface area contributed by atoms with E-state index in [-0.39, 0.29) is 25.7 Å². The molecule has 0 heterocycles. The number of phosphoric ester groups is 2. The van der Waals surface area contributed by atoms with Gasteiger partial charge in [-0.25, -0.2) is 9.13 Å². The van der Waals surface area contributed by atoms with Crippen molar-refractivity contribution in [3.8, 4) is 0 Å². The minimum absolute atomic E-state index is 0.000569. The van der Waals surface area contributed by atoms with Gasteiger partial charge in [-0.15, -0.1) is 0 Å². The van der Waals surface area contributed by atoms with Crippen molar-refractivity contribution in [2.75, 3.05) is 39.6 Å². The summed E-state index contributed by atoms with van der Waals surface area (Å²) in [7, 11) is -10.0. The maximum absolute atomic E-state index is 13.1. The first-order valence-electron chi connectivity index (χ1n) is 40.0. The second-order valence-corrected chi connectivity index (χ2v) is 28.8. The van der Waals surface area contributed by atoms with Crippen LogP contribution in [-0.4, -0.2) is 96.7 Å². The van der Waals surface area contributed by atoms with Crippen LogP contribution in [0.4, 0.5) is 0 Å². The second kappa shape index (κ2) is 77.3. The fourth-order valence-electron chi connectivity index (χ4n) is 9.85. The molecule has 0 aliphatic heterocycles. The van der Waals surface area contributed by atoms with Gasteiger partial charge in [0.05, 0.1) is 26.4 Å².